The summed E-state index contributed by atoms with van der Waals surface area (Å²) in [6.07, 6.45) is 6.02. The molecule has 1 N–H and O–H groups in total. The third-order valence-corrected chi connectivity index (χ3v) is 5.75. The molecule has 0 spiro atoms. The Morgan fingerprint density at radius 1 is 1.18 bits per heavy atom. The van der Waals surface area contributed by atoms with Gasteiger partial charge in [0.25, 0.3) is 0 Å². The van der Waals surface area contributed by atoms with E-state index in [1.807, 2.05) is 35.2 Å². The molecule has 28 heavy (non-hydrogen) atoms. The summed E-state index contributed by atoms with van der Waals surface area (Å²) < 4.78 is 11.2. The van der Waals surface area contributed by atoms with Crippen molar-refractivity contribution in [2.24, 2.45) is 5.92 Å². The van der Waals surface area contributed by atoms with E-state index in [9.17, 15) is 4.79 Å². The van der Waals surface area contributed by atoms with E-state index in [4.69, 9.17) is 9.26 Å². The highest BCUT2D eigenvalue weighted by Gasteiger charge is 2.27. The third-order valence-electron chi connectivity index (χ3n) is 5.75. The van der Waals surface area contributed by atoms with Crippen LogP contribution in [-0.2, 0) is 11.3 Å². The number of ether oxygens (including phenoxy) is 1. The zero-order valence-corrected chi connectivity index (χ0v) is 16.5. The van der Waals surface area contributed by atoms with Crippen molar-refractivity contribution in [1.82, 2.24) is 15.4 Å². The minimum absolute atomic E-state index is 0.0396. The summed E-state index contributed by atoms with van der Waals surface area (Å²) in [7, 11) is 0. The zero-order chi connectivity index (χ0) is 19.3. The summed E-state index contributed by atoms with van der Waals surface area (Å²) in [6, 6.07) is 9.97. The summed E-state index contributed by atoms with van der Waals surface area (Å²) >= 11 is 0. The Hall–Kier alpha value is -2.34. The number of aromatic nitrogens is 1. The predicted octanol–water partition coefficient (Wildman–Crippen LogP) is 4.14. The number of hydrogen-bond acceptors (Lipinski definition) is 4. The van der Waals surface area contributed by atoms with Crippen LogP contribution in [0.15, 0.2) is 34.9 Å². The van der Waals surface area contributed by atoms with Crippen molar-refractivity contribution in [2.75, 3.05) is 19.7 Å². The van der Waals surface area contributed by atoms with E-state index < -0.39 is 0 Å². The van der Waals surface area contributed by atoms with Crippen LogP contribution in [0.4, 0.5) is 4.79 Å². The molecule has 1 saturated heterocycles. The molecule has 1 aromatic carbocycles. The molecule has 1 aliphatic carbocycles. The molecule has 0 unspecified atom stereocenters. The van der Waals surface area contributed by atoms with E-state index in [1.54, 1.807) is 0 Å². The molecule has 2 aliphatic rings. The minimum Gasteiger partial charge on any atom is -0.376 e. The van der Waals surface area contributed by atoms with Gasteiger partial charge in [0.2, 0.25) is 0 Å². The van der Waals surface area contributed by atoms with Gasteiger partial charge in [0.15, 0.2) is 5.76 Å². The fourth-order valence-electron chi connectivity index (χ4n) is 3.79. The molecule has 6 heteroatoms. The molecule has 0 bridgehead atoms. The first-order valence-corrected chi connectivity index (χ1v) is 10.3. The van der Waals surface area contributed by atoms with E-state index in [-0.39, 0.29) is 12.1 Å². The molecule has 150 valence electrons. The highest BCUT2D eigenvalue weighted by Crippen LogP contribution is 2.28. The Morgan fingerprint density at radius 2 is 2.00 bits per heavy atom. The molecule has 4 rings (SSSR count). The summed E-state index contributed by atoms with van der Waals surface area (Å²) in [5.74, 6) is 1.35. The first kappa shape index (κ1) is 19.0. The average molecular weight is 383 g/mol. The summed E-state index contributed by atoms with van der Waals surface area (Å²) in [6.45, 7) is 4.72. The Bertz CT molecular complexity index is 777. The van der Waals surface area contributed by atoms with Crippen molar-refractivity contribution >= 4 is 6.03 Å². The van der Waals surface area contributed by atoms with Crippen LogP contribution in [0.1, 0.15) is 43.4 Å². The van der Waals surface area contributed by atoms with Gasteiger partial charge in [0, 0.05) is 31.3 Å². The molecule has 6 nitrogen and oxygen atoms in total. The van der Waals surface area contributed by atoms with Crippen LogP contribution in [-0.4, -0.2) is 41.9 Å². The number of amides is 2. The number of rotatable bonds is 7. The Balaban J connectivity index is 1.33. The van der Waals surface area contributed by atoms with Crippen molar-refractivity contribution in [3.05, 3.63) is 41.6 Å². The van der Waals surface area contributed by atoms with Crippen molar-refractivity contribution < 1.29 is 14.1 Å². The minimum atomic E-state index is -0.0396. The highest BCUT2D eigenvalue weighted by atomic mass is 16.5. The molecule has 2 fully saturated rings. The second kappa shape index (κ2) is 8.78. The number of hydrogen-bond donors (Lipinski definition) is 1. The Morgan fingerprint density at radius 3 is 2.68 bits per heavy atom. The zero-order valence-electron chi connectivity index (χ0n) is 16.5. The maximum atomic E-state index is 12.8. The fourth-order valence-corrected chi connectivity index (χ4v) is 3.79. The van der Waals surface area contributed by atoms with Crippen LogP contribution in [0.3, 0.4) is 0 Å². The molecule has 1 aromatic heterocycles. The van der Waals surface area contributed by atoms with Gasteiger partial charge in [-0.3, -0.25) is 0 Å². The second-order valence-corrected chi connectivity index (χ2v) is 8.04. The number of carbonyl (C=O) groups is 1. The van der Waals surface area contributed by atoms with Crippen LogP contribution in [0, 0.1) is 12.8 Å². The standard InChI is InChI=1S/C22H29N3O3/c1-16-7-9-18(10-8-16)21-12-19(24-28-21)13-23-22(26)25(14-17-4-2-5-17)15-20-6-3-11-27-20/h7-10,12,17,20H,2-6,11,13-15H2,1H3,(H,23,26)/t20-/m1/s1. The molecule has 1 atom stereocenters. The monoisotopic (exact) mass is 383 g/mol. The lowest BCUT2D eigenvalue weighted by Crippen LogP contribution is -2.46. The van der Waals surface area contributed by atoms with E-state index in [1.165, 1.54) is 24.8 Å². The fraction of sp³-hybridized carbons (Fsp3) is 0.545. The third kappa shape index (κ3) is 4.73. The SMILES string of the molecule is Cc1ccc(-c2cc(CNC(=O)N(CC3CCC3)C[C@H]3CCCO3)no2)cc1. The first-order valence-electron chi connectivity index (χ1n) is 10.3. The van der Waals surface area contributed by atoms with Crippen molar-refractivity contribution in [3.8, 4) is 11.3 Å². The molecular weight excluding hydrogens is 354 g/mol. The van der Waals surface area contributed by atoms with E-state index >= 15 is 0 Å². The molecular formula is C22H29N3O3. The quantitative estimate of drug-likeness (QED) is 0.780. The van der Waals surface area contributed by atoms with Crippen LogP contribution < -0.4 is 5.32 Å². The smallest absolute Gasteiger partial charge is 0.317 e. The normalized spacial score (nSPS) is 19.4. The van der Waals surface area contributed by atoms with E-state index in [0.717, 1.165) is 43.0 Å². The summed E-state index contributed by atoms with van der Waals surface area (Å²) in [4.78, 5) is 14.7. The number of nitrogens with zero attached hydrogens (tertiary/aromatic N) is 2. The lowest BCUT2D eigenvalue weighted by Gasteiger charge is -2.33. The average Bonchev–Trinajstić information content (AvgIpc) is 3.34. The van der Waals surface area contributed by atoms with Gasteiger partial charge in [0.1, 0.15) is 5.69 Å². The maximum Gasteiger partial charge on any atom is 0.317 e. The summed E-state index contributed by atoms with van der Waals surface area (Å²) in [5.41, 5.74) is 2.92. The van der Waals surface area contributed by atoms with Gasteiger partial charge in [-0.15, -0.1) is 0 Å². The summed E-state index contributed by atoms with van der Waals surface area (Å²) in [5, 5.41) is 7.11. The lowest BCUT2D eigenvalue weighted by atomic mass is 9.85. The van der Waals surface area contributed by atoms with Crippen molar-refractivity contribution in [3.63, 3.8) is 0 Å². The van der Waals surface area contributed by atoms with Gasteiger partial charge in [-0.1, -0.05) is 41.4 Å². The molecule has 0 radical (unpaired) electrons. The lowest BCUT2D eigenvalue weighted by molar-refractivity contribution is 0.0720. The molecule has 2 aromatic rings. The molecule has 2 amide bonds. The van der Waals surface area contributed by atoms with E-state index in [2.05, 4.69) is 17.4 Å². The predicted molar refractivity (Wildman–Crippen MR) is 107 cm³/mol. The van der Waals surface area contributed by atoms with Crippen LogP contribution in [0.25, 0.3) is 11.3 Å². The topological polar surface area (TPSA) is 67.6 Å². The van der Waals surface area contributed by atoms with Gasteiger partial charge in [-0.25, -0.2) is 4.79 Å². The number of urea groups is 1. The van der Waals surface area contributed by atoms with Gasteiger partial charge < -0.3 is 19.5 Å². The van der Waals surface area contributed by atoms with Gasteiger partial charge >= 0.3 is 6.03 Å². The molecule has 1 saturated carbocycles. The first-order chi connectivity index (χ1) is 13.7. The van der Waals surface area contributed by atoms with Crippen molar-refractivity contribution in [1.29, 1.82) is 0 Å². The highest BCUT2D eigenvalue weighted by molar-refractivity contribution is 5.74. The van der Waals surface area contributed by atoms with Crippen molar-refractivity contribution in [2.45, 2.75) is 51.7 Å². The second-order valence-electron chi connectivity index (χ2n) is 8.04. The number of carbonyl (C=O) groups excluding carboxylic acids is 1. The van der Waals surface area contributed by atoms with Gasteiger partial charge in [-0.2, -0.15) is 0 Å². The Kier molecular flexibility index (Phi) is 5.95. The Labute approximate surface area is 166 Å². The van der Waals surface area contributed by atoms with E-state index in [0.29, 0.717) is 19.0 Å². The van der Waals surface area contributed by atoms with Crippen LogP contribution in [0.2, 0.25) is 0 Å². The van der Waals surface area contributed by atoms with Gasteiger partial charge in [-0.05, 0) is 38.5 Å². The number of nitrogens with one attached hydrogen (secondary N) is 1. The van der Waals surface area contributed by atoms with Crippen LogP contribution in [0.5, 0.6) is 0 Å². The molecule has 2 heterocycles. The molecule has 1 aliphatic heterocycles. The maximum absolute atomic E-state index is 12.8. The van der Waals surface area contributed by atoms with Crippen LogP contribution >= 0.6 is 0 Å². The van der Waals surface area contributed by atoms with Gasteiger partial charge in [0.05, 0.1) is 12.6 Å². The number of benzene rings is 1. The number of aryl methyl sites for hydroxylation is 1. The largest absolute Gasteiger partial charge is 0.376 e.